The van der Waals surface area contributed by atoms with Crippen molar-refractivity contribution in [2.24, 2.45) is 0 Å². The standard InChI is InChI=1S/C16H11IN2O3/c17-9-5-7-10(8-6-9)18-16(22)14(20)13-11-3-1-2-4-12(11)19-15(13)21/h1-8,13H,(H,18,22)(H,19,21). The molecule has 2 amide bonds. The zero-order valence-electron chi connectivity index (χ0n) is 11.3. The second-order valence-electron chi connectivity index (χ2n) is 4.83. The number of ketones is 1. The smallest absolute Gasteiger partial charge is 0.292 e. The third kappa shape index (κ3) is 2.74. The van der Waals surface area contributed by atoms with Crippen LogP contribution >= 0.6 is 22.6 Å². The SMILES string of the molecule is O=C(Nc1ccc(I)cc1)C(=O)C1C(=O)Nc2ccccc21. The lowest BCUT2D eigenvalue weighted by Crippen LogP contribution is -2.31. The van der Waals surface area contributed by atoms with E-state index >= 15 is 0 Å². The number of rotatable bonds is 3. The normalized spacial score (nSPS) is 15.9. The van der Waals surface area contributed by atoms with Crippen LogP contribution in [-0.2, 0) is 14.4 Å². The molecule has 1 aliphatic heterocycles. The number of hydrogen-bond donors (Lipinski definition) is 2. The first kappa shape index (κ1) is 14.7. The van der Waals surface area contributed by atoms with Crippen molar-refractivity contribution in [3.63, 3.8) is 0 Å². The van der Waals surface area contributed by atoms with Crippen molar-refractivity contribution in [1.82, 2.24) is 0 Å². The average molecular weight is 406 g/mol. The van der Waals surface area contributed by atoms with E-state index in [9.17, 15) is 14.4 Å². The van der Waals surface area contributed by atoms with Crippen molar-refractivity contribution in [3.8, 4) is 0 Å². The summed E-state index contributed by atoms with van der Waals surface area (Å²) >= 11 is 2.14. The molecule has 1 aliphatic rings. The van der Waals surface area contributed by atoms with Gasteiger partial charge >= 0.3 is 0 Å². The fraction of sp³-hybridized carbons (Fsp3) is 0.0625. The van der Waals surface area contributed by atoms with Crippen molar-refractivity contribution < 1.29 is 14.4 Å². The maximum absolute atomic E-state index is 12.3. The molecule has 0 saturated heterocycles. The zero-order chi connectivity index (χ0) is 15.7. The van der Waals surface area contributed by atoms with E-state index in [1.807, 2.05) is 12.1 Å². The van der Waals surface area contributed by atoms with Crippen LogP contribution in [-0.4, -0.2) is 17.6 Å². The van der Waals surface area contributed by atoms with Crippen LogP contribution in [0.25, 0.3) is 0 Å². The Bertz CT molecular complexity index is 771. The predicted molar refractivity (Wildman–Crippen MR) is 90.6 cm³/mol. The second kappa shape index (κ2) is 5.88. The van der Waals surface area contributed by atoms with Crippen LogP contribution in [0.3, 0.4) is 0 Å². The van der Waals surface area contributed by atoms with Gasteiger partial charge in [-0.1, -0.05) is 18.2 Å². The Balaban J connectivity index is 1.80. The van der Waals surface area contributed by atoms with E-state index in [1.165, 1.54) is 0 Å². The highest BCUT2D eigenvalue weighted by Gasteiger charge is 2.39. The van der Waals surface area contributed by atoms with Gasteiger partial charge in [0.05, 0.1) is 0 Å². The van der Waals surface area contributed by atoms with Crippen LogP contribution in [0.5, 0.6) is 0 Å². The van der Waals surface area contributed by atoms with Crippen LogP contribution in [0.4, 0.5) is 11.4 Å². The first-order chi connectivity index (χ1) is 10.6. The van der Waals surface area contributed by atoms with E-state index < -0.39 is 23.5 Å². The number of amides is 2. The Morgan fingerprint density at radius 1 is 1.05 bits per heavy atom. The number of hydrogen-bond acceptors (Lipinski definition) is 3. The van der Waals surface area contributed by atoms with Gasteiger partial charge in [0.2, 0.25) is 11.7 Å². The maximum Gasteiger partial charge on any atom is 0.292 e. The van der Waals surface area contributed by atoms with Crippen LogP contribution in [0.2, 0.25) is 0 Å². The molecule has 22 heavy (non-hydrogen) atoms. The lowest BCUT2D eigenvalue weighted by atomic mass is 9.95. The van der Waals surface area contributed by atoms with E-state index in [-0.39, 0.29) is 0 Å². The maximum atomic E-state index is 12.3. The minimum absolute atomic E-state index is 0.469. The summed E-state index contributed by atoms with van der Waals surface area (Å²) in [4.78, 5) is 36.4. The summed E-state index contributed by atoms with van der Waals surface area (Å²) in [5.74, 6) is -3.11. The number of fused-ring (bicyclic) bond motifs is 1. The number of nitrogens with one attached hydrogen (secondary N) is 2. The highest BCUT2D eigenvalue weighted by molar-refractivity contribution is 14.1. The van der Waals surface area contributed by atoms with Gasteiger partial charge in [-0.15, -0.1) is 0 Å². The molecule has 0 aromatic heterocycles. The summed E-state index contributed by atoms with van der Waals surface area (Å²) < 4.78 is 1.02. The Morgan fingerprint density at radius 2 is 1.73 bits per heavy atom. The average Bonchev–Trinajstić information content (AvgIpc) is 2.84. The molecule has 2 aromatic carbocycles. The van der Waals surface area contributed by atoms with Gasteiger partial charge in [0, 0.05) is 14.9 Å². The van der Waals surface area contributed by atoms with Crippen LogP contribution < -0.4 is 10.6 Å². The van der Waals surface area contributed by atoms with Crippen molar-refractivity contribution in [1.29, 1.82) is 0 Å². The van der Waals surface area contributed by atoms with Crippen molar-refractivity contribution in [3.05, 3.63) is 57.7 Å². The van der Waals surface area contributed by atoms with Gasteiger partial charge in [-0.3, -0.25) is 14.4 Å². The van der Waals surface area contributed by atoms with Crippen LogP contribution in [0.1, 0.15) is 11.5 Å². The first-order valence-electron chi connectivity index (χ1n) is 6.57. The fourth-order valence-electron chi connectivity index (χ4n) is 2.33. The molecule has 0 aliphatic carbocycles. The fourth-order valence-corrected chi connectivity index (χ4v) is 2.69. The molecule has 0 fully saturated rings. The van der Waals surface area contributed by atoms with Crippen LogP contribution in [0, 0.1) is 3.57 Å². The quantitative estimate of drug-likeness (QED) is 0.468. The first-order valence-corrected chi connectivity index (χ1v) is 7.64. The molecule has 1 unspecified atom stereocenters. The minimum Gasteiger partial charge on any atom is -0.325 e. The molecule has 0 radical (unpaired) electrons. The molecular formula is C16H11IN2O3. The lowest BCUT2D eigenvalue weighted by molar-refractivity contribution is -0.138. The minimum atomic E-state index is -1.08. The van der Waals surface area contributed by atoms with Gasteiger partial charge in [-0.05, 0) is 58.5 Å². The molecule has 2 N–H and O–H groups in total. The number of para-hydroxylation sites is 1. The van der Waals surface area contributed by atoms with Gasteiger partial charge in [0.1, 0.15) is 5.92 Å². The van der Waals surface area contributed by atoms with Gasteiger partial charge in [0.25, 0.3) is 5.91 Å². The molecule has 1 atom stereocenters. The molecular weight excluding hydrogens is 395 g/mol. The summed E-state index contributed by atoms with van der Waals surface area (Å²) in [5.41, 5.74) is 1.63. The second-order valence-corrected chi connectivity index (χ2v) is 6.08. The molecule has 0 bridgehead atoms. The molecule has 0 saturated carbocycles. The Kier molecular flexibility index (Phi) is 3.93. The van der Waals surface area contributed by atoms with Gasteiger partial charge < -0.3 is 10.6 Å². The van der Waals surface area contributed by atoms with Gasteiger partial charge in [-0.2, -0.15) is 0 Å². The predicted octanol–water partition coefficient (Wildman–Crippen LogP) is 2.53. The van der Waals surface area contributed by atoms with E-state index in [2.05, 4.69) is 33.2 Å². The number of Topliss-reactive ketones (excluding diaryl/α,β-unsaturated/α-hetero) is 1. The largest absolute Gasteiger partial charge is 0.325 e. The molecule has 3 rings (SSSR count). The molecule has 5 nitrogen and oxygen atoms in total. The highest BCUT2D eigenvalue weighted by atomic mass is 127. The molecule has 110 valence electrons. The van der Waals surface area contributed by atoms with E-state index in [0.717, 1.165) is 3.57 Å². The Labute approximate surface area is 140 Å². The Hall–Kier alpha value is -2.22. The molecule has 6 heteroatoms. The summed E-state index contributed by atoms with van der Waals surface area (Å²) in [5, 5.41) is 5.14. The third-order valence-corrected chi connectivity index (χ3v) is 4.10. The van der Waals surface area contributed by atoms with Crippen LogP contribution in [0.15, 0.2) is 48.5 Å². The molecule has 2 aromatic rings. The van der Waals surface area contributed by atoms with E-state index in [1.54, 1.807) is 36.4 Å². The monoisotopic (exact) mass is 406 g/mol. The third-order valence-electron chi connectivity index (χ3n) is 3.38. The summed E-state index contributed by atoms with van der Waals surface area (Å²) in [7, 11) is 0. The summed E-state index contributed by atoms with van der Waals surface area (Å²) in [6.07, 6.45) is 0. The van der Waals surface area contributed by atoms with E-state index in [0.29, 0.717) is 16.9 Å². The lowest BCUT2D eigenvalue weighted by Gasteiger charge is -2.08. The van der Waals surface area contributed by atoms with E-state index in [4.69, 9.17) is 0 Å². The molecule has 0 spiro atoms. The number of benzene rings is 2. The van der Waals surface area contributed by atoms with Crippen molar-refractivity contribution in [2.75, 3.05) is 10.6 Å². The van der Waals surface area contributed by atoms with Crippen molar-refractivity contribution >= 4 is 51.6 Å². The van der Waals surface area contributed by atoms with Gasteiger partial charge in [0.15, 0.2) is 0 Å². The highest BCUT2D eigenvalue weighted by Crippen LogP contribution is 2.32. The topological polar surface area (TPSA) is 75.3 Å². The zero-order valence-corrected chi connectivity index (χ0v) is 13.5. The Morgan fingerprint density at radius 3 is 2.45 bits per heavy atom. The summed E-state index contributed by atoms with van der Waals surface area (Å²) in [6, 6.07) is 13.9. The number of carbonyl (C=O) groups excluding carboxylic acids is 3. The number of anilines is 2. The summed E-state index contributed by atoms with van der Waals surface area (Å²) in [6.45, 7) is 0. The van der Waals surface area contributed by atoms with Crippen molar-refractivity contribution in [2.45, 2.75) is 5.92 Å². The van der Waals surface area contributed by atoms with Gasteiger partial charge in [-0.25, -0.2) is 0 Å². The number of halogens is 1. The molecule has 1 heterocycles. The number of carbonyl (C=O) groups is 3.